The molecule has 2 aromatic carbocycles. The highest BCUT2D eigenvalue weighted by Crippen LogP contribution is 2.24. The molecule has 1 aliphatic heterocycles. The molecule has 0 bridgehead atoms. The summed E-state index contributed by atoms with van der Waals surface area (Å²) in [4.78, 5) is 26.9. The average Bonchev–Trinajstić information content (AvgIpc) is 3.21. The lowest BCUT2D eigenvalue weighted by molar-refractivity contribution is -0.120. The van der Waals surface area contributed by atoms with E-state index in [1.54, 1.807) is 30.3 Å². The van der Waals surface area contributed by atoms with Gasteiger partial charge in [-0.2, -0.15) is 0 Å². The zero-order valence-electron chi connectivity index (χ0n) is 15.7. The summed E-state index contributed by atoms with van der Waals surface area (Å²) < 4.78 is 0. The number of anilines is 1. The van der Waals surface area contributed by atoms with Gasteiger partial charge in [0.25, 0.3) is 5.91 Å². The molecule has 148 valence electrons. The van der Waals surface area contributed by atoms with Crippen LogP contribution in [0.4, 0.5) is 5.69 Å². The second-order valence-corrected chi connectivity index (χ2v) is 7.76. The smallest absolute Gasteiger partial charge is 0.255 e. The minimum atomic E-state index is -0.179. The molecule has 1 aliphatic rings. The summed E-state index contributed by atoms with van der Waals surface area (Å²) in [5, 5.41) is 7.15. The van der Waals surface area contributed by atoms with Gasteiger partial charge in [0, 0.05) is 28.8 Å². The number of carbonyl (C=O) groups excluding carboxylic acids is 2. The molecule has 0 saturated carbocycles. The van der Waals surface area contributed by atoms with Gasteiger partial charge < -0.3 is 15.5 Å². The van der Waals surface area contributed by atoms with Gasteiger partial charge in [0.2, 0.25) is 5.91 Å². The van der Waals surface area contributed by atoms with E-state index in [4.69, 9.17) is 23.2 Å². The fourth-order valence-electron chi connectivity index (χ4n) is 3.24. The van der Waals surface area contributed by atoms with Crippen LogP contribution in [0, 0.1) is 0 Å². The zero-order chi connectivity index (χ0) is 20.1. The molecular weight excluding hydrogens is 397 g/mol. The van der Waals surface area contributed by atoms with E-state index in [-0.39, 0.29) is 24.4 Å². The maximum atomic E-state index is 12.7. The minimum absolute atomic E-state index is 0.0355. The molecule has 3 rings (SSSR count). The maximum absolute atomic E-state index is 12.7. The number of benzene rings is 2. The molecule has 1 unspecified atom stereocenters. The summed E-state index contributed by atoms with van der Waals surface area (Å²) in [7, 11) is 0. The minimum Gasteiger partial charge on any atom is -0.375 e. The van der Waals surface area contributed by atoms with Crippen molar-refractivity contribution in [1.82, 2.24) is 10.2 Å². The van der Waals surface area contributed by atoms with Crippen molar-refractivity contribution in [2.45, 2.75) is 25.8 Å². The number of nitrogens with one attached hydrogen (secondary N) is 2. The molecule has 2 N–H and O–H groups in total. The van der Waals surface area contributed by atoms with Crippen LogP contribution < -0.4 is 10.6 Å². The Bertz CT molecular complexity index is 849. The Kier molecular flexibility index (Phi) is 6.81. The van der Waals surface area contributed by atoms with Crippen LogP contribution in [-0.2, 0) is 4.79 Å². The largest absolute Gasteiger partial charge is 0.375 e. The Labute approximate surface area is 175 Å². The quantitative estimate of drug-likeness (QED) is 0.723. The Balaban J connectivity index is 1.63. The van der Waals surface area contributed by atoms with Crippen LogP contribution in [-0.4, -0.2) is 36.3 Å². The summed E-state index contributed by atoms with van der Waals surface area (Å²) in [6.45, 7) is 3.47. The number of likely N-dealkylation sites (tertiary alicyclic amines) is 1. The van der Waals surface area contributed by atoms with Gasteiger partial charge in [-0.15, -0.1) is 0 Å². The predicted octanol–water partition coefficient (Wildman–Crippen LogP) is 4.52. The first kappa shape index (κ1) is 20.5. The second-order valence-electron chi connectivity index (χ2n) is 6.88. The number of hydrogen-bond acceptors (Lipinski definition) is 3. The van der Waals surface area contributed by atoms with Gasteiger partial charge in [0.1, 0.15) is 0 Å². The highest BCUT2D eigenvalue weighted by atomic mass is 35.5. The summed E-state index contributed by atoms with van der Waals surface area (Å²) in [6, 6.07) is 12.3. The van der Waals surface area contributed by atoms with Gasteiger partial charge in [0.05, 0.1) is 18.2 Å². The summed E-state index contributed by atoms with van der Waals surface area (Å²) in [6.07, 6.45) is 2.04. The van der Waals surface area contributed by atoms with Gasteiger partial charge >= 0.3 is 0 Å². The molecule has 1 heterocycles. The van der Waals surface area contributed by atoms with Crippen molar-refractivity contribution < 1.29 is 9.59 Å². The molecule has 2 aromatic rings. The molecule has 1 saturated heterocycles. The molecule has 1 fully saturated rings. The van der Waals surface area contributed by atoms with Crippen molar-refractivity contribution in [3.8, 4) is 0 Å². The lowest BCUT2D eigenvalue weighted by Crippen LogP contribution is -2.33. The first-order chi connectivity index (χ1) is 13.4. The van der Waals surface area contributed by atoms with Crippen LogP contribution in [0.1, 0.15) is 41.7 Å². The van der Waals surface area contributed by atoms with E-state index in [1.165, 1.54) is 0 Å². The molecule has 0 spiro atoms. The van der Waals surface area contributed by atoms with Crippen LogP contribution in [0.3, 0.4) is 0 Å². The molecule has 7 heteroatoms. The van der Waals surface area contributed by atoms with Crippen molar-refractivity contribution in [2.75, 3.05) is 25.0 Å². The van der Waals surface area contributed by atoms with Crippen molar-refractivity contribution in [2.24, 2.45) is 0 Å². The number of hydrogen-bond donors (Lipinski definition) is 2. The average molecular weight is 420 g/mol. The molecular formula is C21H23Cl2N3O2. The number of amides is 2. The lowest BCUT2D eigenvalue weighted by atomic mass is 10.1. The van der Waals surface area contributed by atoms with E-state index in [9.17, 15) is 9.59 Å². The highest BCUT2D eigenvalue weighted by Gasteiger charge is 2.22. The van der Waals surface area contributed by atoms with E-state index in [1.807, 2.05) is 24.0 Å². The van der Waals surface area contributed by atoms with Crippen molar-refractivity contribution >= 4 is 40.7 Å². The topological polar surface area (TPSA) is 61.4 Å². The number of rotatable bonds is 6. The van der Waals surface area contributed by atoms with Crippen LogP contribution in [0.25, 0.3) is 0 Å². The van der Waals surface area contributed by atoms with Crippen LogP contribution in [0.15, 0.2) is 42.5 Å². The molecule has 5 nitrogen and oxygen atoms in total. The molecule has 28 heavy (non-hydrogen) atoms. The van der Waals surface area contributed by atoms with E-state index in [0.717, 1.165) is 31.5 Å². The standard InChI is InChI=1S/C21H23Cl2N3O2/c1-14(15-4-6-16(22)7-5-15)25-20(27)13-24-19-12-17(23)8-9-18(19)21(28)26-10-2-3-11-26/h4-9,12,14,24H,2-3,10-11,13H2,1H3,(H,25,27). The number of nitrogens with zero attached hydrogens (tertiary/aromatic N) is 1. The molecule has 2 amide bonds. The third-order valence-corrected chi connectivity index (χ3v) is 5.28. The molecule has 0 aliphatic carbocycles. The van der Waals surface area contributed by atoms with E-state index in [2.05, 4.69) is 10.6 Å². The van der Waals surface area contributed by atoms with Crippen LogP contribution in [0.5, 0.6) is 0 Å². The number of halogens is 2. The monoisotopic (exact) mass is 419 g/mol. The molecule has 0 radical (unpaired) electrons. The predicted molar refractivity (Wildman–Crippen MR) is 113 cm³/mol. The SMILES string of the molecule is CC(NC(=O)CNc1cc(Cl)ccc1C(=O)N1CCCC1)c1ccc(Cl)cc1. The fourth-order valence-corrected chi connectivity index (χ4v) is 3.54. The lowest BCUT2D eigenvalue weighted by Gasteiger charge is -2.19. The van der Waals surface area contributed by atoms with Crippen molar-refractivity contribution in [3.63, 3.8) is 0 Å². The van der Waals surface area contributed by atoms with Gasteiger partial charge in [-0.3, -0.25) is 9.59 Å². The first-order valence-corrected chi connectivity index (χ1v) is 10.1. The van der Waals surface area contributed by atoms with E-state index in [0.29, 0.717) is 21.3 Å². The fraction of sp³-hybridized carbons (Fsp3) is 0.333. The van der Waals surface area contributed by atoms with Gasteiger partial charge in [-0.05, 0) is 55.7 Å². The number of carbonyl (C=O) groups is 2. The summed E-state index contributed by atoms with van der Waals surface area (Å²) in [5.41, 5.74) is 2.06. The zero-order valence-corrected chi connectivity index (χ0v) is 17.2. The Morgan fingerprint density at radius 3 is 2.36 bits per heavy atom. The van der Waals surface area contributed by atoms with Crippen molar-refractivity contribution in [3.05, 3.63) is 63.6 Å². The normalized spacial score (nSPS) is 14.6. The molecule has 1 atom stereocenters. The van der Waals surface area contributed by atoms with E-state index >= 15 is 0 Å². The van der Waals surface area contributed by atoms with E-state index < -0.39 is 0 Å². The van der Waals surface area contributed by atoms with Crippen LogP contribution >= 0.6 is 23.2 Å². The van der Waals surface area contributed by atoms with Gasteiger partial charge in [0.15, 0.2) is 0 Å². The maximum Gasteiger partial charge on any atom is 0.255 e. The highest BCUT2D eigenvalue weighted by molar-refractivity contribution is 6.31. The van der Waals surface area contributed by atoms with Crippen LogP contribution in [0.2, 0.25) is 10.0 Å². The Morgan fingerprint density at radius 2 is 1.68 bits per heavy atom. The first-order valence-electron chi connectivity index (χ1n) is 9.31. The Hall–Kier alpha value is -2.24. The van der Waals surface area contributed by atoms with Gasteiger partial charge in [-0.25, -0.2) is 0 Å². The third-order valence-electron chi connectivity index (χ3n) is 4.79. The Morgan fingerprint density at radius 1 is 1.04 bits per heavy atom. The third kappa shape index (κ3) is 5.18. The summed E-state index contributed by atoms with van der Waals surface area (Å²) in [5.74, 6) is -0.214. The van der Waals surface area contributed by atoms with Crippen molar-refractivity contribution in [1.29, 1.82) is 0 Å². The summed E-state index contributed by atoms with van der Waals surface area (Å²) >= 11 is 12.0. The molecule has 0 aromatic heterocycles. The second kappa shape index (κ2) is 9.30. The van der Waals surface area contributed by atoms with Gasteiger partial charge in [-0.1, -0.05) is 35.3 Å².